The van der Waals surface area contributed by atoms with Crippen LogP contribution in [0.25, 0.3) is 0 Å². The summed E-state index contributed by atoms with van der Waals surface area (Å²) in [5.41, 5.74) is 0.386. The fourth-order valence-electron chi connectivity index (χ4n) is 2.85. The normalized spacial score (nSPS) is 15.2. The standard InChI is InChI=1S/C18H26N2O6S2/c1-26-15-6-5-14(19-17(21)7-11-27-12-8-18(22)23)13-16(15)28(24,25)20-9-3-2-4-10-20/h5-6,13H,2-4,7-12H2,1H3,(H,19,21)(H,22,23). The van der Waals surface area contributed by atoms with Crippen molar-refractivity contribution in [1.29, 1.82) is 0 Å². The van der Waals surface area contributed by atoms with Crippen LogP contribution in [0.2, 0.25) is 0 Å². The summed E-state index contributed by atoms with van der Waals surface area (Å²) in [7, 11) is -2.28. The maximum atomic E-state index is 13.0. The van der Waals surface area contributed by atoms with Crippen molar-refractivity contribution in [3.05, 3.63) is 18.2 Å². The minimum atomic E-state index is -3.70. The predicted molar refractivity (Wildman–Crippen MR) is 108 cm³/mol. The number of nitrogens with one attached hydrogen (secondary N) is 1. The molecule has 1 heterocycles. The van der Waals surface area contributed by atoms with Gasteiger partial charge in [0.15, 0.2) is 0 Å². The van der Waals surface area contributed by atoms with Gasteiger partial charge in [-0.15, -0.1) is 0 Å². The van der Waals surface area contributed by atoms with Gasteiger partial charge in [0.05, 0.1) is 13.5 Å². The lowest BCUT2D eigenvalue weighted by Crippen LogP contribution is -2.35. The molecule has 0 aromatic heterocycles. The fraction of sp³-hybridized carbons (Fsp3) is 0.556. The molecule has 10 heteroatoms. The number of anilines is 1. The molecule has 1 amide bonds. The number of carbonyl (C=O) groups is 2. The van der Waals surface area contributed by atoms with Crippen molar-refractivity contribution in [2.24, 2.45) is 0 Å². The van der Waals surface area contributed by atoms with Gasteiger partial charge in [-0.2, -0.15) is 16.1 Å². The van der Waals surface area contributed by atoms with Gasteiger partial charge in [-0.25, -0.2) is 8.42 Å². The Morgan fingerprint density at radius 2 is 1.86 bits per heavy atom. The van der Waals surface area contributed by atoms with Gasteiger partial charge in [-0.1, -0.05) is 6.42 Å². The Hall–Kier alpha value is -1.78. The number of aliphatic carboxylic acids is 1. The largest absolute Gasteiger partial charge is 0.495 e. The van der Waals surface area contributed by atoms with E-state index >= 15 is 0 Å². The number of rotatable bonds is 10. The Labute approximate surface area is 169 Å². The molecule has 1 aliphatic rings. The van der Waals surface area contributed by atoms with Crippen LogP contribution in [0.1, 0.15) is 32.1 Å². The molecule has 1 saturated heterocycles. The number of carboxylic acid groups (broad SMARTS) is 1. The molecule has 2 rings (SSSR count). The number of nitrogens with zero attached hydrogens (tertiary/aromatic N) is 1. The first-order valence-electron chi connectivity index (χ1n) is 9.12. The molecule has 1 aromatic rings. The number of piperidine rings is 1. The maximum Gasteiger partial charge on any atom is 0.304 e. The summed E-state index contributed by atoms with van der Waals surface area (Å²) < 4.78 is 32.7. The van der Waals surface area contributed by atoms with Gasteiger partial charge in [0.2, 0.25) is 15.9 Å². The third kappa shape index (κ3) is 6.39. The Bertz CT molecular complexity index is 791. The van der Waals surface area contributed by atoms with E-state index in [4.69, 9.17) is 9.84 Å². The van der Waals surface area contributed by atoms with Gasteiger partial charge in [0.1, 0.15) is 10.6 Å². The zero-order valence-corrected chi connectivity index (χ0v) is 17.5. The summed E-state index contributed by atoms with van der Waals surface area (Å²) in [5, 5.41) is 11.3. The molecular formula is C18H26N2O6S2. The quantitative estimate of drug-likeness (QED) is 0.548. The van der Waals surface area contributed by atoms with Crippen LogP contribution in [-0.4, -0.2) is 61.4 Å². The number of amides is 1. The van der Waals surface area contributed by atoms with E-state index in [2.05, 4.69) is 5.32 Å². The summed E-state index contributed by atoms with van der Waals surface area (Å²) in [6, 6.07) is 4.57. The Kier molecular flexibility index (Phi) is 8.58. The number of carbonyl (C=O) groups excluding carboxylic acids is 1. The van der Waals surface area contributed by atoms with Crippen LogP contribution in [0.15, 0.2) is 23.1 Å². The predicted octanol–water partition coefficient (Wildman–Crippen LogP) is 2.41. The molecule has 156 valence electrons. The lowest BCUT2D eigenvalue weighted by atomic mass is 10.2. The molecule has 0 aliphatic carbocycles. The average Bonchev–Trinajstić information content (AvgIpc) is 2.68. The summed E-state index contributed by atoms with van der Waals surface area (Å²) in [4.78, 5) is 22.6. The lowest BCUT2D eigenvalue weighted by molar-refractivity contribution is -0.136. The van der Waals surface area contributed by atoms with Crippen molar-refractivity contribution < 1.29 is 27.9 Å². The highest BCUT2D eigenvalue weighted by Crippen LogP contribution is 2.31. The second-order valence-electron chi connectivity index (χ2n) is 6.38. The highest BCUT2D eigenvalue weighted by Gasteiger charge is 2.29. The Morgan fingerprint density at radius 3 is 2.50 bits per heavy atom. The third-order valence-corrected chi connectivity index (χ3v) is 7.22. The van der Waals surface area contributed by atoms with Gasteiger partial charge in [0, 0.05) is 36.7 Å². The number of hydrogen-bond donors (Lipinski definition) is 2. The highest BCUT2D eigenvalue weighted by molar-refractivity contribution is 7.99. The molecular weight excluding hydrogens is 404 g/mol. The number of sulfonamides is 1. The lowest BCUT2D eigenvalue weighted by Gasteiger charge is -2.26. The number of thioether (sulfide) groups is 1. The summed E-state index contributed by atoms with van der Waals surface area (Å²) in [5.74, 6) is 0.0668. The van der Waals surface area contributed by atoms with E-state index in [9.17, 15) is 18.0 Å². The minimum Gasteiger partial charge on any atom is -0.495 e. The first-order chi connectivity index (χ1) is 13.3. The van der Waals surface area contributed by atoms with E-state index in [1.807, 2.05) is 0 Å². The van der Waals surface area contributed by atoms with Crippen LogP contribution in [0.3, 0.4) is 0 Å². The van der Waals surface area contributed by atoms with Gasteiger partial charge in [-0.05, 0) is 31.0 Å². The number of benzene rings is 1. The van der Waals surface area contributed by atoms with Crippen LogP contribution < -0.4 is 10.1 Å². The molecule has 1 fully saturated rings. The molecule has 0 bridgehead atoms. The van der Waals surface area contributed by atoms with Crippen LogP contribution in [0, 0.1) is 0 Å². The first kappa shape index (κ1) is 22.5. The van der Waals surface area contributed by atoms with E-state index in [0.29, 0.717) is 30.3 Å². The number of methoxy groups -OCH3 is 1. The second kappa shape index (κ2) is 10.7. The molecule has 1 aromatic carbocycles. The van der Waals surface area contributed by atoms with Gasteiger partial charge >= 0.3 is 5.97 Å². The van der Waals surface area contributed by atoms with E-state index in [0.717, 1.165) is 19.3 Å². The zero-order valence-electron chi connectivity index (χ0n) is 15.8. The fourth-order valence-corrected chi connectivity index (χ4v) is 5.40. The van der Waals surface area contributed by atoms with Gasteiger partial charge in [-0.3, -0.25) is 9.59 Å². The van der Waals surface area contributed by atoms with Crippen molar-refractivity contribution in [2.45, 2.75) is 37.0 Å². The van der Waals surface area contributed by atoms with Gasteiger partial charge in [0.25, 0.3) is 0 Å². The summed E-state index contributed by atoms with van der Waals surface area (Å²) in [6.45, 7) is 0.964. The number of hydrogen-bond acceptors (Lipinski definition) is 6. The van der Waals surface area contributed by atoms with Crippen molar-refractivity contribution in [1.82, 2.24) is 4.31 Å². The zero-order chi connectivity index (χ0) is 20.6. The molecule has 0 radical (unpaired) electrons. The molecule has 8 nitrogen and oxygen atoms in total. The molecule has 0 atom stereocenters. The third-order valence-electron chi connectivity index (χ3n) is 4.31. The monoisotopic (exact) mass is 430 g/mol. The smallest absolute Gasteiger partial charge is 0.304 e. The molecule has 0 unspecified atom stereocenters. The molecule has 0 saturated carbocycles. The van der Waals surface area contributed by atoms with E-state index in [1.54, 1.807) is 6.07 Å². The summed E-state index contributed by atoms with van der Waals surface area (Å²) in [6.07, 6.45) is 2.95. The first-order valence-corrected chi connectivity index (χ1v) is 11.7. The van der Waals surface area contributed by atoms with Gasteiger partial charge < -0.3 is 15.2 Å². The molecule has 2 N–H and O–H groups in total. The van der Waals surface area contributed by atoms with E-state index in [-0.39, 0.29) is 29.4 Å². The van der Waals surface area contributed by atoms with Crippen molar-refractivity contribution in [3.63, 3.8) is 0 Å². The molecule has 0 spiro atoms. The van der Waals surface area contributed by atoms with Crippen LogP contribution in [-0.2, 0) is 19.6 Å². The van der Waals surface area contributed by atoms with Crippen molar-refractivity contribution in [3.8, 4) is 5.75 Å². The number of ether oxygens (including phenoxy) is 1. The average molecular weight is 431 g/mol. The molecule has 1 aliphatic heterocycles. The highest BCUT2D eigenvalue weighted by atomic mass is 32.2. The molecule has 28 heavy (non-hydrogen) atoms. The SMILES string of the molecule is COc1ccc(NC(=O)CCSCCC(=O)O)cc1S(=O)(=O)N1CCCCC1. The second-order valence-corrected chi connectivity index (χ2v) is 9.52. The van der Waals surface area contributed by atoms with Crippen molar-refractivity contribution in [2.75, 3.05) is 37.0 Å². The Balaban J connectivity index is 2.03. The van der Waals surface area contributed by atoms with Crippen LogP contribution in [0.4, 0.5) is 5.69 Å². The van der Waals surface area contributed by atoms with Crippen LogP contribution in [0.5, 0.6) is 5.75 Å². The van der Waals surface area contributed by atoms with Crippen molar-refractivity contribution >= 4 is 39.3 Å². The van der Waals surface area contributed by atoms with Crippen LogP contribution >= 0.6 is 11.8 Å². The summed E-state index contributed by atoms with van der Waals surface area (Å²) >= 11 is 1.39. The van der Waals surface area contributed by atoms with E-state index in [1.165, 1.54) is 35.3 Å². The topological polar surface area (TPSA) is 113 Å². The maximum absolute atomic E-state index is 13.0. The Morgan fingerprint density at radius 1 is 1.18 bits per heavy atom. The number of carboxylic acids is 1. The minimum absolute atomic E-state index is 0.0468. The van der Waals surface area contributed by atoms with E-state index < -0.39 is 16.0 Å².